The summed E-state index contributed by atoms with van der Waals surface area (Å²) in [6.45, 7) is 10.9. The predicted octanol–water partition coefficient (Wildman–Crippen LogP) is 3.04. The van der Waals surface area contributed by atoms with Crippen LogP contribution in [0.2, 0.25) is 0 Å². The van der Waals surface area contributed by atoms with Crippen molar-refractivity contribution in [1.82, 2.24) is 15.6 Å². The van der Waals surface area contributed by atoms with E-state index in [2.05, 4.69) is 51.5 Å². The number of nitrogens with zero attached hydrogens (tertiary/aromatic N) is 3. The molecule has 1 fully saturated rings. The highest BCUT2D eigenvalue weighted by Crippen LogP contribution is 2.21. The third-order valence-electron chi connectivity index (χ3n) is 4.87. The topological polar surface area (TPSA) is 71.0 Å². The normalized spacial score (nSPS) is 15.1. The third kappa shape index (κ3) is 10.5. The molecule has 0 bridgehead atoms. The second kappa shape index (κ2) is 15.7. The number of ether oxygens (including phenoxy) is 2. The summed E-state index contributed by atoms with van der Waals surface area (Å²) in [5.41, 5.74) is 1.12. The van der Waals surface area contributed by atoms with Crippen LogP contribution in [0.1, 0.15) is 38.7 Å². The van der Waals surface area contributed by atoms with Crippen LogP contribution in [0.3, 0.4) is 0 Å². The number of halogens is 1. The molecule has 0 saturated carbocycles. The van der Waals surface area contributed by atoms with Crippen LogP contribution in [0.5, 0.6) is 0 Å². The van der Waals surface area contributed by atoms with Gasteiger partial charge in [-0.2, -0.15) is 0 Å². The molecule has 0 atom stereocenters. The van der Waals surface area contributed by atoms with Crippen LogP contribution < -0.4 is 15.5 Å². The Morgan fingerprint density at radius 1 is 1.21 bits per heavy atom. The highest BCUT2D eigenvalue weighted by Gasteiger charge is 2.16. The monoisotopic (exact) mass is 519 g/mol. The minimum Gasteiger partial charge on any atom is -0.382 e. The number of guanidine groups is 1. The van der Waals surface area contributed by atoms with E-state index in [0.29, 0.717) is 19.8 Å². The van der Waals surface area contributed by atoms with Crippen molar-refractivity contribution < 1.29 is 9.47 Å². The molecule has 166 valence electrons. The number of hydrogen-bond acceptors (Lipinski definition) is 5. The molecular weight excluding hydrogens is 481 g/mol. The fourth-order valence-electron chi connectivity index (χ4n) is 3.07. The molecule has 29 heavy (non-hydrogen) atoms. The number of methoxy groups -OCH3 is 1. The minimum absolute atomic E-state index is 0. The van der Waals surface area contributed by atoms with Crippen molar-refractivity contribution in [3.8, 4) is 0 Å². The SMILES string of the molecule is CCNC(=NCc1ccc(N2CCC(C)CC2)nc1)NCCCOCCOC.I. The van der Waals surface area contributed by atoms with E-state index in [-0.39, 0.29) is 24.0 Å². The molecule has 8 heteroatoms. The van der Waals surface area contributed by atoms with Crippen LogP contribution in [0, 0.1) is 5.92 Å². The van der Waals surface area contributed by atoms with Crippen molar-refractivity contribution in [2.24, 2.45) is 10.9 Å². The van der Waals surface area contributed by atoms with Crippen molar-refractivity contribution >= 4 is 35.8 Å². The lowest BCUT2D eigenvalue weighted by Gasteiger charge is -2.31. The van der Waals surface area contributed by atoms with Gasteiger partial charge in [0.1, 0.15) is 5.82 Å². The third-order valence-corrected chi connectivity index (χ3v) is 4.87. The lowest BCUT2D eigenvalue weighted by molar-refractivity contribution is 0.0698. The van der Waals surface area contributed by atoms with Crippen LogP contribution >= 0.6 is 24.0 Å². The van der Waals surface area contributed by atoms with Gasteiger partial charge < -0.3 is 25.0 Å². The standard InChI is InChI=1S/C21H37N5O2.HI/c1-4-22-21(23-10-5-13-28-15-14-27-3)25-17-19-6-7-20(24-16-19)26-11-8-18(2)9-12-26;/h6-7,16,18H,4-5,8-15,17H2,1-3H3,(H2,22,23,25);1H. The highest BCUT2D eigenvalue weighted by atomic mass is 127. The number of pyridine rings is 1. The van der Waals surface area contributed by atoms with Crippen molar-refractivity contribution in [3.63, 3.8) is 0 Å². The average Bonchev–Trinajstić information content (AvgIpc) is 2.72. The van der Waals surface area contributed by atoms with Crippen molar-refractivity contribution in [2.45, 2.75) is 39.7 Å². The van der Waals surface area contributed by atoms with E-state index in [9.17, 15) is 0 Å². The summed E-state index contributed by atoms with van der Waals surface area (Å²) >= 11 is 0. The van der Waals surface area contributed by atoms with Gasteiger partial charge in [0.15, 0.2) is 5.96 Å². The van der Waals surface area contributed by atoms with Gasteiger partial charge in [-0.25, -0.2) is 9.98 Å². The molecule has 0 amide bonds. The molecule has 1 aliphatic heterocycles. The van der Waals surface area contributed by atoms with Gasteiger partial charge in [0, 0.05) is 46.1 Å². The first-order valence-corrected chi connectivity index (χ1v) is 10.5. The summed E-state index contributed by atoms with van der Waals surface area (Å²) in [5.74, 6) is 2.74. The maximum absolute atomic E-state index is 5.47. The molecule has 7 nitrogen and oxygen atoms in total. The van der Waals surface area contributed by atoms with Gasteiger partial charge >= 0.3 is 0 Å². The Morgan fingerprint density at radius 2 is 2.00 bits per heavy atom. The van der Waals surface area contributed by atoms with Crippen LogP contribution in [0.15, 0.2) is 23.3 Å². The number of hydrogen-bond donors (Lipinski definition) is 2. The Bertz CT molecular complexity index is 563. The van der Waals surface area contributed by atoms with Crippen LogP contribution in [0.4, 0.5) is 5.82 Å². The molecule has 0 spiro atoms. The zero-order valence-corrected chi connectivity index (χ0v) is 20.5. The van der Waals surface area contributed by atoms with E-state index < -0.39 is 0 Å². The first-order valence-electron chi connectivity index (χ1n) is 10.5. The molecule has 1 saturated heterocycles. The zero-order chi connectivity index (χ0) is 20.0. The first kappa shape index (κ1) is 25.9. The predicted molar refractivity (Wildman–Crippen MR) is 130 cm³/mol. The summed E-state index contributed by atoms with van der Waals surface area (Å²) < 4.78 is 10.4. The molecule has 0 aromatic carbocycles. The quantitative estimate of drug-likeness (QED) is 0.203. The summed E-state index contributed by atoms with van der Waals surface area (Å²) in [4.78, 5) is 11.7. The maximum Gasteiger partial charge on any atom is 0.191 e. The number of piperidine rings is 1. The van der Waals surface area contributed by atoms with Gasteiger partial charge in [0.2, 0.25) is 0 Å². The van der Waals surface area contributed by atoms with E-state index in [1.54, 1.807) is 7.11 Å². The number of nitrogens with one attached hydrogen (secondary N) is 2. The van der Waals surface area contributed by atoms with Gasteiger partial charge in [0.05, 0.1) is 19.8 Å². The highest BCUT2D eigenvalue weighted by molar-refractivity contribution is 14.0. The lowest BCUT2D eigenvalue weighted by Crippen LogP contribution is -2.38. The lowest BCUT2D eigenvalue weighted by atomic mass is 9.99. The second-order valence-corrected chi connectivity index (χ2v) is 7.27. The van der Waals surface area contributed by atoms with Gasteiger partial charge in [-0.3, -0.25) is 0 Å². The summed E-state index contributed by atoms with van der Waals surface area (Å²) in [7, 11) is 1.68. The summed E-state index contributed by atoms with van der Waals surface area (Å²) in [5, 5.41) is 6.63. The molecule has 2 N–H and O–H groups in total. The van der Waals surface area contributed by atoms with E-state index in [0.717, 1.165) is 62.5 Å². The van der Waals surface area contributed by atoms with Crippen LogP contribution in [0.25, 0.3) is 0 Å². The number of anilines is 1. The first-order chi connectivity index (χ1) is 13.7. The van der Waals surface area contributed by atoms with E-state index in [4.69, 9.17) is 9.47 Å². The van der Waals surface area contributed by atoms with Gasteiger partial charge in [0.25, 0.3) is 0 Å². The van der Waals surface area contributed by atoms with E-state index in [1.807, 2.05) is 6.20 Å². The number of aliphatic imine (C=N–C) groups is 1. The Kier molecular flexibility index (Phi) is 14.0. The van der Waals surface area contributed by atoms with Gasteiger partial charge in [-0.05, 0) is 43.7 Å². The molecule has 2 rings (SSSR count). The smallest absolute Gasteiger partial charge is 0.191 e. The van der Waals surface area contributed by atoms with Crippen LogP contribution in [-0.4, -0.2) is 64.1 Å². The molecule has 1 aliphatic rings. The van der Waals surface area contributed by atoms with Crippen LogP contribution in [-0.2, 0) is 16.0 Å². The molecule has 0 unspecified atom stereocenters. The molecule has 0 radical (unpaired) electrons. The van der Waals surface area contributed by atoms with Gasteiger partial charge in [-0.15, -0.1) is 24.0 Å². The number of aromatic nitrogens is 1. The summed E-state index contributed by atoms with van der Waals surface area (Å²) in [6.07, 6.45) is 5.38. The molecule has 2 heterocycles. The van der Waals surface area contributed by atoms with E-state index in [1.165, 1.54) is 12.8 Å². The average molecular weight is 519 g/mol. The second-order valence-electron chi connectivity index (χ2n) is 7.27. The van der Waals surface area contributed by atoms with Crippen molar-refractivity contribution in [1.29, 1.82) is 0 Å². The minimum atomic E-state index is 0. The fourth-order valence-corrected chi connectivity index (χ4v) is 3.07. The van der Waals surface area contributed by atoms with Crippen molar-refractivity contribution in [2.75, 3.05) is 58.0 Å². The van der Waals surface area contributed by atoms with E-state index >= 15 is 0 Å². The largest absolute Gasteiger partial charge is 0.382 e. The zero-order valence-electron chi connectivity index (χ0n) is 18.2. The summed E-state index contributed by atoms with van der Waals surface area (Å²) in [6, 6.07) is 4.26. The molecule has 1 aromatic heterocycles. The van der Waals surface area contributed by atoms with Crippen molar-refractivity contribution in [3.05, 3.63) is 23.9 Å². The fraction of sp³-hybridized carbons (Fsp3) is 0.714. The number of rotatable bonds is 11. The Hall–Kier alpha value is -1.13. The Labute approximate surface area is 193 Å². The van der Waals surface area contributed by atoms with Gasteiger partial charge in [-0.1, -0.05) is 13.0 Å². The molecule has 1 aromatic rings. The molecular formula is C21H38IN5O2. The molecule has 0 aliphatic carbocycles. The maximum atomic E-state index is 5.47. The Morgan fingerprint density at radius 3 is 2.66 bits per heavy atom. The Balaban J connectivity index is 0.00000420.